The van der Waals surface area contributed by atoms with E-state index < -0.39 is 5.41 Å². The maximum atomic E-state index is 13.5. The van der Waals surface area contributed by atoms with Gasteiger partial charge in [-0.1, -0.05) is 66.2 Å². The van der Waals surface area contributed by atoms with Crippen LogP contribution in [-0.2, 0) is 4.79 Å². The number of nitrogens with one attached hydrogen (secondary N) is 1. The van der Waals surface area contributed by atoms with E-state index in [1.54, 1.807) is 6.07 Å². The molecule has 3 aromatic carbocycles. The molecule has 2 nitrogen and oxygen atoms in total. The van der Waals surface area contributed by atoms with Crippen molar-refractivity contribution in [1.82, 2.24) is 0 Å². The van der Waals surface area contributed by atoms with Crippen LogP contribution < -0.4 is 5.32 Å². The predicted octanol–water partition coefficient (Wildman–Crippen LogP) is 5.97. The fraction of sp³-hybridized carbons (Fsp3) is 0.208. The summed E-state index contributed by atoms with van der Waals surface area (Å²) < 4.78 is 0. The predicted molar refractivity (Wildman–Crippen MR) is 109 cm³/mol. The SMILES string of the molecule is C[C@@]1(C(=O)Nc2cccc(Cl)c2)CC2c3ccccc3C1c1ccccc12. The van der Waals surface area contributed by atoms with Crippen LogP contribution in [0.2, 0.25) is 5.02 Å². The zero-order valence-electron chi connectivity index (χ0n) is 15.1. The lowest BCUT2D eigenvalue weighted by Crippen LogP contribution is -2.47. The Morgan fingerprint density at radius 2 is 1.52 bits per heavy atom. The molecule has 0 saturated heterocycles. The lowest BCUT2D eigenvalue weighted by atomic mass is 9.52. The van der Waals surface area contributed by atoms with Crippen molar-refractivity contribution in [2.24, 2.45) is 5.41 Å². The Morgan fingerprint density at radius 3 is 2.11 bits per heavy atom. The zero-order valence-corrected chi connectivity index (χ0v) is 15.8. The molecule has 3 aliphatic carbocycles. The van der Waals surface area contributed by atoms with E-state index in [9.17, 15) is 4.79 Å². The van der Waals surface area contributed by atoms with Crippen LogP contribution in [0.3, 0.4) is 0 Å². The first-order valence-electron chi connectivity index (χ1n) is 9.32. The van der Waals surface area contributed by atoms with E-state index in [0.29, 0.717) is 5.02 Å². The topological polar surface area (TPSA) is 29.1 Å². The summed E-state index contributed by atoms with van der Waals surface area (Å²) in [6, 6.07) is 24.5. The average molecular weight is 374 g/mol. The van der Waals surface area contributed by atoms with Crippen molar-refractivity contribution in [3.8, 4) is 0 Å². The number of halogens is 1. The number of hydrogen-bond donors (Lipinski definition) is 1. The van der Waals surface area contributed by atoms with E-state index in [1.165, 1.54) is 22.3 Å². The monoisotopic (exact) mass is 373 g/mol. The Kier molecular flexibility index (Phi) is 3.66. The minimum absolute atomic E-state index is 0.0590. The van der Waals surface area contributed by atoms with Crippen LogP contribution in [0.5, 0.6) is 0 Å². The Hall–Kier alpha value is -2.58. The Bertz CT molecular complexity index is 1010. The maximum absolute atomic E-state index is 13.5. The van der Waals surface area contributed by atoms with Gasteiger partial charge in [-0.25, -0.2) is 0 Å². The molecule has 3 aliphatic rings. The molecule has 0 unspecified atom stereocenters. The van der Waals surface area contributed by atoms with Crippen molar-refractivity contribution < 1.29 is 4.79 Å². The van der Waals surface area contributed by atoms with Crippen LogP contribution >= 0.6 is 11.6 Å². The first kappa shape index (κ1) is 16.6. The molecule has 0 spiro atoms. The van der Waals surface area contributed by atoms with Gasteiger partial charge in [0.2, 0.25) is 5.91 Å². The highest BCUT2D eigenvalue weighted by atomic mass is 35.5. The smallest absolute Gasteiger partial charge is 0.231 e. The molecule has 0 aromatic heterocycles. The van der Waals surface area contributed by atoms with Crippen LogP contribution in [0.4, 0.5) is 5.69 Å². The molecule has 0 aliphatic heterocycles. The van der Waals surface area contributed by atoms with Crippen molar-refractivity contribution >= 4 is 23.2 Å². The molecule has 1 N–H and O–H groups in total. The average Bonchev–Trinajstić information content (AvgIpc) is 2.68. The number of hydrogen-bond acceptors (Lipinski definition) is 1. The quantitative estimate of drug-likeness (QED) is 0.589. The fourth-order valence-electron chi connectivity index (χ4n) is 5.03. The van der Waals surface area contributed by atoms with Gasteiger partial charge in [-0.15, -0.1) is 0 Å². The third kappa shape index (κ3) is 2.44. The Labute approximate surface area is 164 Å². The summed E-state index contributed by atoms with van der Waals surface area (Å²) in [6.45, 7) is 2.11. The molecule has 0 fully saturated rings. The van der Waals surface area contributed by atoms with Crippen LogP contribution in [-0.4, -0.2) is 5.91 Å². The molecule has 0 saturated carbocycles. The number of carbonyl (C=O) groups excluding carboxylic acids is 1. The highest BCUT2D eigenvalue weighted by Crippen LogP contribution is 2.61. The number of fused-ring (bicyclic) bond motifs is 1. The molecule has 27 heavy (non-hydrogen) atoms. The minimum atomic E-state index is -0.504. The van der Waals surface area contributed by atoms with Crippen molar-refractivity contribution in [2.75, 3.05) is 5.32 Å². The number of anilines is 1. The zero-order chi connectivity index (χ0) is 18.6. The third-order valence-electron chi connectivity index (χ3n) is 6.23. The standard InChI is InChI=1S/C24H20ClNO/c1-24(23(27)26-16-8-6-7-15(25)13-16)14-21-17-9-2-4-11-19(17)22(24)20-12-5-3-10-18(20)21/h2-13,21-22H,14H2,1H3,(H,26,27)/t21?,22?,24-/m1/s1. The summed E-state index contributed by atoms with van der Waals surface area (Å²) in [5.74, 6) is 0.385. The van der Waals surface area contributed by atoms with E-state index in [1.807, 2.05) is 18.2 Å². The van der Waals surface area contributed by atoms with Crippen LogP contribution in [0.25, 0.3) is 0 Å². The van der Waals surface area contributed by atoms with Crippen molar-refractivity contribution in [3.63, 3.8) is 0 Å². The first-order valence-corrected chi connectivity index (χ1v) is 9.70. The van der Waals surface area contributed by atoms with E-state index in [2.05, 4.69) is 60.8 Å². The molecule has 1 atom stereocenters. The molecule has 3 heteroatoms. The molecule has 134 valence electrons. The summed E-state index contributed by atoms with van der Waals surface area (Å²) >= 11 is 6.09. The summed E-state index contributed by atoms with van der Waals surface area (Å²) in [5, 5.41) is 3.74. The highest BCUT2D eigenvalue weighted by molar-refractivity contribution is 6.30. The minimum Gasteiger partial charge on any atom is -0.326 e. The van der Waals surface area contributed by atoms with Gasteiger partial charge < -0.3 is 5.32 Å². The molecule has 3 aromatic rings. The van der Waals surface area contributed by atoms with Crippen molar-refractivity contribution in [1.29, 1.82) is 0 Å². The van der Waals surface area contributed by atoms with Gasteiger partial charge in [-0.3, -0.25) is 4.79 Å². The molecule has 1 amide bonds. The first-order chi connectivity index (χ1) is 13.1. The van der Waals surface area contributed by atoms with Crippen molar-refractivity contribution in [3.05, 3.63) is 100 Å². The van der Waals surface area contributed by atoms with Crippen LogP contribution in [0, 0.1) is 5.41 Å². The summed E-state index contributed by atoms with van der Waals surface area (Å²) in [4.78, 5) is 13.5. The second-order valence-electron chi connectivity index (χ2n) is 7.83. The van der Waals surface area contributed by atoms with E-state index in [-0.39, 0.29) is 17.7 Å². The Morgan fingerprint density at radius 1 is 0.926 bits per heavy atom. The van der Waals surface area contributed by atoms with Gasteiger partial charge in [0.05, 0.1) is 5.41 Å². The summed E-state index contributed by atoms with van der Waals surface area (Å²) in [5.41, 5.74) is 5.56. The molecule has 2 bridgehead atoms. The molecule has 0 heterocycles. The summed E-state index contributed by atoms with van der Waals surface area (Å²) in [6.07, 6.45) is 0.818. The van der Waals surface area contributed by atoms with E-state index >= 15 is 0 Å². The van der Waals surface area contributed by atoms with Gasteiger partial charge in [0.25, 0.3) is 0 Å². The Balaban J connectivity index is 1.61. The fourth-order valence-corrected chi connectivity index (χ4v) is 5.22. The number of benzene rings is 3. The van der Waals surface area contributed by atoms with Gasteiger partial charge >= 0.3 is 0 Å². The van der Waals surface area contributed by atoms with Gasteiger partial charge in [-0.2, -0.15) is 0 Å². The molecule has 0 radical (unpaired) electrons. The lowest BCUT2D eigenvalue weighted by molar-refractivity contribution is -0.126. The third-order valence-corrected chi connectivity index (χ3v) is 6.47. The van der Waals surface area contributed by atoms with Gasteiger partial charge in [-0.05, 0) is 53.8 Å². The van der Waals surface area contributed by atoms with Crippen LogP contribution in [0.1, 0.15) is 47.4 Å². The maximum Gasteiger partial charge on any atom is 0.231 e. The number of rotatable bonds is 2. The highest BCUT2D eigenvalue weighted by Gasteiger charge is 2.53. The van der Waals surface area contributed by atoms with E-state index in [0.717, 1.165) is 12.1 Å². The second kappa shape index (κ2) is 5.97. The van der Waals surface area contributed by atoms with Gasteiger partial charge in [0.15, 0.2) is 0 Å². The van der Waals surface area contributed by atoms with Crippen LogP contribution in [0.15, 0.2) is 72.8 Å². The van der Waals surface area contributed by atoms with E-state index in [4.69, 9.17) is 11.6 Å². The van der Waals surface area contributed by atoms with Gasteiger partial charge in [0.1, 0.15) is 0 Å². The number of carbonyl (C=O) groups is 1. The summed E-state index contributed by atoms with van der Waals surface area (Å²) in [7, 11) is 0. The molecular formula is C24H20ClNO. The second-order valence-corrected chi connectivity index (χ2v) is 8.27. The molecular weight excluding hydrogens is 354 g/mol. The van der Waals surface area contributed by atoms with Gasteiger partial charge in [0, 0.05) is 22.5 Å². The normalized spacial score (nSPS) is 24.8. The lowest BCUT2D eigenvalue weighted by Gasteiger charge is -2.50. The largest absolute Gasteiger partial charge is 0.326 e. The number of amides is 1. The molecule has 6 rings (SSSR count). The van der Waals surface area contributed by atoms with Crippen molar-refractivity contribution in [2.45, 2.75) is 25.2 Å².